The number of rotatable bonds is 6. The summed E-state index contributed by atoms with van der Waals surface area (Å²) in [6.07, 6.45) is 0.106. The van der Waals surface area contributed by atoms with Crippen molar-refractivity contribution < 1.29 is 14.6 Å². The Morgan fingerprint density at radius 3 is 2.38 bits per heavy atom. The number of benzene rings is 1. The van der Waals surface area contributed by atoms with Crippen molar-refractivity contribution in [3.8, 4) is 0 Å². The Labute approximate surface area is 145 Å². The molecule has 2 rings (SSSR count). The van der Waals surface area contributed by atoms with Crippen LogP contribution in [-0.4, -0.2) is 66.2 Å². The molecule has 0 radical (unpaired) electrons. The number of nitrogens with zero attached hydrogens (tertiary/aromatic N) is 2. The molecule has 1 heterocycles. The molecule has 5 heteroatoms. The average Bonchev–Trinajstić information content (AvgIpc) is 2.54. The fraction of sp³-hybridized carbons (Fsp3) is 0.632. The molecule has 1 N–H and O–H groups in total. The van der Waals surface area contributed by atoms with Gasteiger partial charge < -0.3 is 14.7 Å². The Morgan fingerprint density at radius 1 is 1.25 bits per heavy atom. The Kier molecular flexibility index (Phi) is 6.38. The number of carbonyl (C=O) groups is 1. The molecule has 0 unspecified atom stereocenters. The van der Waals surface area contributed by atoms with Gasteiger partial charge in [0.15, 0.2) is 0 Å². The molecule has 0 spiro atoms. The van der Waals surface area contributed by atoms with Crippen LogP contribution in [0.2, 0.25) is 0 Å². The van der Waals surface area contributed by atoms with Gasteiger partial charge in [0, 0.05) is 38.8 Å². The van der Waals surface area contributed by atoms with Gasteiger partial charge >= 0.3 is 0 Å². The zero-order chi connectivity index (χ0) is 17.7. The molecule has 3 atom stereocenters. The van der Waals surface area contributed by atoms with E-state index in [1.54, 1.807) is 14.0 Å². The highest BCUT2D eigenvalue weighted by Gasteiger charge is 2.34. The summed E-state index contributed by atoms with van der Waals surface area (Å²) in [5, 5.41) is 10.7. The number of ether oxygens (including phenoxy) is 1. The molecule has 1 fully saturated rings. The molecule has 1 aromatic rings. The zero-order valence-electron chi connectivity index (χ0n) is 15.2. The van der Waals surface area contributed by atoms with Gasteiger partial charge in [0.2, 0.25) is 5.91 Å². The first kappa shape index (κ1) is 18.9. The summed E-state index contributed by atoms with van der Waals surface area (Å²) in [6, 6.07) is 9.97. The third-order valence-electron chi connectivity index (χ3n) is 4.90. The minimum atomic E-state index is -1.14. The Hall–Kier alpha value is -1.43. The third-order valence-corrected chi connectivity index (χ3v) is 4.90. The van der Waals surface area contributed by atoms with Gasteiger partial charge in [-0.15, -0.1) is 0 Å². The first-order valence-electron chi connectivity index (χ1n) is 8.65. The minimum Gasteiger partial charge on any atom is -0.385 e. The number of hydrogen-bond donors (Lipinski definition) is 1. The average molecular weight is 334 g/mol. The lowest BCUT2D eigenvalue weighted by Gasteiger charge is -2.45. The zero-order valence-corrected chi connectivity index (χ0v) is 15.2. The van der Waals surface area contributed by atoms with E-state index in [1.807, 2.05) is 35.2 Å². The van der Waals surface area contributed by atoms with Crippen LogP contribution in [0.4, 0.5) is 0 Å². The summed E-state index contributed by atoms with van der Waals surface area (Å²) in [6.45, 7) is 8.95. The first-order chi connectivity index (χ1) is 11.3. The van der Waals surface area contributed by atoms with E-state index in [4.69, 9.17) is 4.74 Å². The van der Waals surface area contributed by atoms with Crippen molar-refractivity contribution in [1.29, 1.82) is 0 Å². The number of methoxy groups -OCH3 is 1. The van der Waals surface area contributed by atoms with Crippen LogP contribution in [0.15, 0.2) is 30.3 Å². The summed E-state index contributed by atoms with van der Waals surface area (Å²) in [5.41, 5.74) is -0.365. The molecule has 1 saturated heterocycles. The largest absolute Gasteiger partial charge is 0.385 e. The van der Waals surface area contributed by atoms with Crippen molar-refractivity contribution in [2.75, 3.05) is 33.4 Å². The van der Waals surface area contributed by atoms with Gasteiger partial charge in [-0.3, -0.25) is 9.69 Å². The number of aliphatic hydroxyl groups is 1. The molecule has 0 aromatic heterocycles. The van der Waals surface area contributed by atoms with E-state index >= 15 is 0 Å². The van der Waals surface area contributed by atoms with Crippen LogP contribution in [0.25, 0.3) is 0 Å². The van der Waals surface area contributed by atoms with Crippen molar-refractivity contribution >= 4 is 5.91 Å². The molecular weight excluding hydrogens is 304 g/mol. The number of piperazine rings is 1. The Morgan fingerprint density at radius 2 is 1.83 bits per heavy atom. The van der Waals surface area contributed by atoms with Crippen molar-refractivity contribution in [3.63, 3.8) is 0 Å². The second-order valence-electron chi connectivity index (χ2n) is 7.04. The molecular formula is C19H30N2O3. The summed E-state index contributed by atoms with van der Waals surface area (Å²) >= 11 is 0. The lowest BCUT2D eigenvalue weighted by molar-refractivity contribution is -0.140. The fourth-order valence-electron chi connectivity index (χ4n) is 3.50. The second-order valence-corrected chi connectivity index (χ2v) is 7.04. The van der Waals surface area contributed by atoms with Crippen molar-refractivity contribution in [3.05, 3.63) is 35.9 Å². The Bertz CT molecular complexity index is 521. The molecule has 1 amide bonds. The van der Waals surface area contributed by atoms with Gasteiger partial charge in [-0.2, -0.15) is 0 Å². The predicted molar refractivity (Wildman–Crippen MR) is 94.7 cm³/mol. The van der Waals surface area contributed by atoms with Crippen LogP contribution in [0.1, 0.15) is 32.8 Å². The van der Waals surface area contributed by atoms with Crippen LogP contribution in [0.5, 0.6) is 0 Å². The smallest absolute Gasteiger partial charge is 0.225 e. The van der Waals surface area contributed by atoms with Gasteiger partial charge in [-0.1, -0.05) is 30.3 Å². The predicted octanol–water partition coefficient (Wildman–Crippen LogP) is 1.85. The van der Waals surface area contributed by atoms with E-state index in [2.05, 4.69) is 18.7 Å². The normalized spacial score (nSPS) is 24.6. The first-order valence-corrected chi connectivity index (χ1v) is 8.65. The summed E-state index contributed by atoms with van der Waals surface area (Å²) in [5.74, 6) is 0.00828. The fourth-order valence-corrected chi connectivity index (χ4v) is 3.50. The van der Waals surface area contributed by atoms with Gasteiger partial charge in [-0.25, -0.2) is 0 Å². The standard InChI is InChI=1S/C19H30N2O3/c1-15-13-20(14-16(2)21(15)10-11-24-4)18(22)12-19(3,23)17-8-6-5-7-9-17/h5-9,15-16,23H,10-14H2,1-4H3/t15-,16-,19-/m1/s1. The van der Waals surface area contributed by atoms with Crippen LogP contribution in [0.3, 0.4) is 0 Å². The maximum absolute atomic E-state index is 12.7. The van der Waals surface area contributed by atoms with Crippen molar-refractivity contribution in [1.82, 2.24) is 9.80 Å². The molecule has 24 heavy (non-hydrogen) atoms. The Balaban J connectivity index is 1.98. The quantitative estimate of drug-likeness (QED) is 0.863. The lowest BCUT2D eigenvalue weighted by Crippen LogP contribution is -2.59. The molecule has 5 nitrogen and oxygen atoms in total. The van der Waals surface area contributed by atoms with Crippen molar-refractivity contribution in [2.45, 2.75) is 44.9 Å². The summed E-state index contributed by atoms with van der Waals surface area (Å²) in [7, 11) is 1.71. The molecule has 1 aliphatic heterocycles. The monoisotopic (exact) mass is 334 g/mol. The van der Waals surface area contributed by atoms with Crippen LogP contribution in [0, 0.1) is 0 Å². The van der Waals surface area contributed by atoms with E-state index in [9.17, 15) is 9.90 Å². The maximum atomic E-state index is 12.7. The van der Waals surface area contributed by atoms with Gasteiger partial charge in [0.05, 0.1) is 18.6 Å². The molecule has 0 bridgehead atoms. The number of carbonyl (C=O) groups excluding carboxylic acids is 1. The molecule has 1 aliphatic rings. The number of amides is 1. The molecule has 0 saturated carbocycles. The van der Waals surface area contributed by atoms with E-state index in [1.165, 1.54) is 0 Å². The topological polar surface area (TPSA) is 53.0 Å². The van der Waals surface area contributed by atoms with Crippen molar-refractivity contribution in [2.24, 2.45) is 0 Å². The number of hydrogen-bond acceptors (Lipinski definition) is 4. The van der Waals surface area contributed by atoms with Crippen LogP contribution < -0.4 is 0 Å². The van der Waals surface area contributed by atoms with Gasteiger partial charge in [-0.05, 0) is 26.3 Å². The van der Waals surface area contributed by atoms with E-state index in [0.29, 0.717) is 19.7 Å². The van der Waals surface area contributed by atoms with E-state index < -0.39 is 5.60 Å². The third kappa shape index (κ3) is 4.56. The van der Waals surface area contributed by atoms with E-state index in [0.717, 1.165) is 12.1 Å². The van der Waals surface area contributed by atoms with Gasteiger partial charge in [0.25, 0.3) is 0 Å². The second kappa shape index (κ2) is 8.10. The van der Waals surface area contributed by atoms with E-state index in [-0.39, 0.29) is 24.4 Å². The highest BCUT2D eigenvalue weighted by molar-refractivity contribution is 5.77. The highest BCUT2D eigenvalue weighted by Crippen LogP contribution is 2.26. The SMILES string of the molecule is COCCN1[C@H](C)CN(C(=O)C[C@@](C)(O)c2ccccc2)C[C@H]1C. The summed E-state index contributed by atoms with van der Waals surface area (Å²) in [4.78, 5) is 17.0. The highest BCUT2D eigenvalue weighted by atomic mass is 16.5. The van der Waals surface area contributed by atoms with Crippen LogP contribution >= 0.6 is 0 Å². The lowest BCUT2D eigenvalue weighted by atomic mass is 9.91. The maximum Gasteiger partial charge on any atom is 0.225 e. The molecule has 1 aromatic carbocycles. The summed E-state index contributed by atoms with van der Waals surface area (Å²) < 4.78 is 5.18. The minimum absolute atomic E-state index is 0.00828. The van der Waals surface area contributed by atoms with Crippen LogP contribution in [-0.2, 0) is 15.1 Å². The van der Waals surface area contributed by atoms with Gasteiger partial charge in [0.1, 0.15) is 0 Å². The molecule has 0 aliphatic carbocycles. The molecule has 134 valence electrons.